The molecule has 1 N–H and O–H groups in total. The molecule has 0 aromatic heterocycles. The molecule has 0 heterocycles. The van der Waals surface area contributed by atoms with Crippen LogP contribution in [-0.4, -0.2) is 27.2 Å². The van der Waals surface area contributed by atoms with Crippen LogP contribution in [0.1, 0.15) is 36.5 Å². The highest BCUT2D eigenvalue weighted by Crippen LogP contribution is 2.27. The zero-order valence-electron chi connectivity index (χ0n) is 15.8. The maximum atomic E-state index is 12.3. The number of sulfone groups is 1. The third kappa shape index (κ3) is 5.08. The minimum absolute atomic E-state index is 0.147. The molecule has 2 aromatic rings. The fraction of sp³-hybridized carbons (Fsp3) is 0.350. The maximum Gasteiger partial charge on any atom is 0.262 e. The Labute approximate surface area is 155 Å². The summed E-state index contributed by atoms with van der Waals surface area (Å²) in [6.07, 6.45) is 1.14. The molecule has 140 valence electrons. The number of hydrogen-bond acceptors (Lipinski definition) is 4. The van der Waals surface area contributed by atoms with Crippen molar-refractivity contribution in [1.29, 1.82) is 0 Å². The molecule has 6 heteroatoms. The first-order chi connectivity index (χ1) is 12.1. The van der Waals surface area contributed by atoms with E-state index in [0.717, 1.165) is 22.9 Å². The first-order valence-electron chi connectivity index (χ1n) is 8.42. The Morgan fingerprint density at radius 3 is 2.42 bits per heavy atom. The number of ether oxygens (including phenoxy) is 1. The van der Waals surface area contributed by atoms with Crippen LogP contribution in [0.4, 0.5) is 5.69 Å². The minimum atomic E-state index is -3.34. The highest BCUT2D eigenvalue weighted by atomic mass is 32.2. The van der Waals surface area contributed by atoms with Gasteiger partial charge in [-0.2, -0.15) is 0 Å². The molecular formula is C20H25NO4S. The highest BCUT2D eigenvalue weighted by Gasteiger charge is 2.13. The van der Waals surface area contributed by atoms with Crippen LogP contribution in [0.2, 0.25) is 0 Å². The van der Waals surface area contributed by atoms with Gasteiger partial charge in [-0.1, -0.05) is 32.0 Å². The number of carbonyl (C=O) groups is 1. The minimum Gasteiger partial charge on any atom is -0.483 e. The smallest absolute Gasteiger partial charge is 0.262 e. The number of nitrogens with one attached hydrogen (secondary N) is 1. The van der Waals surface area contributed by atoms with Crippen molar-refractivity contribution in [1.82, 2.24) is 0 Å². The summed E-state index contributed by atoms with van der Waals surface area (Å²) in [7, 11) is -3.34. The summed E-state index contributed by atoms with van der Waals surface area (Å²) < 4.78 is 29.1. The monoisotopic (exact) mass is 375 g/mol. The van der Waals surface area contributed by atoms with E-state index in [4.69, 9.17) is 4.74 Å². The van der Waals surface area contributed by atoms with E-state index in [2.05, 4.69) is 19.2 Å². The Hall–Kier alpha value is -2.34. The predicted molar refractivity (Wildman–Crippen MR) is 104 cm³/mol. The fourth-order valence-corrected chi connectivity index (χ4v) is 3.19. The Kier molecular flexibility index (Phi) is 6.08. The molecule has 1 amide bonds. The van der Waals surface area contributed by atoms with Crippen molar-refractivity contribution in [2.75, 3.05) is 18.2 Å². The first-order valence-corrected chi connectivity index (χ1v) is 10.3. The van der Waals surface area contributed by atoms with Crippen molar-refractivity contribution >= 4 is 21.4 Å². The zero-order chi connectivity index (χ0) is 19.5. The average Bonchev–Trinajstić information content (AvgIpc) is 2.53. The molecule has 0 aliphatic carbocycles. The van der Waals surface area contributed by atoms with Crippen LogP contribution < -0.4 is 10.1 Å². The summed E-state index contributed by atoms with van der Waals surface area (Å²) in [5, 5.41) is 2.73. The normalized spacial score (nSPS) is 11.5. The molecule has 0 fully saturated rings. The Morgan fingerprint density at radius 1 is 1.12 bits per heavy atom. The molecule has 0 aliphatic heterocycles. The average molecular weight is 375 g/mol. The van der Waals surface area contributed by atoms with E-state index in [9.17, 15) is 13.2 Å². The summed E-state index contributed by atoms with van der Waals surface area (Å²) in [5.74, 6) is 0.633. The van der Waals surface area contributed by atoms with Crippen molar-refractivity contribution in [2.24, 2.45) is 0 Å². The van der Waals surface area contributed by atoms with Crippen LogP contribution in [-0.2, 0) is 14.6 Å². The van der Waals surface area contributed by atoms with Gasteiger partial charge in [0, 0.05) is 11.9 Å². The van der Waals surface area contributed by atoms with Gasteiger partial charge in [0.25, 0.3) is 5.91 Å². The van der Waals surface area contributed by atoms with Crippen molar-refractivity contribution < 1.29 is 17.9 Å². The lowest BCUT2D eigenvalue weighted by Gasteiger charge is -2.15. The Balaban J connectivity index is 2.12. The van der Waals surface area contributed by atoms with Crippen LogP contribution in [0, 0.1) is 13.8 Å². The third-order valence-electron chi connectivity index (χ3n) is 4.06. The van der Waals surface area contributed by atoms with Crippen LogP contribution in [0.5, 0.6) is 5.75 Å². The highest BCUT2D eigenvalue weighted by molar-refractivity contribution is 7.90. The lowest BCUT2D eigenvalue weighted by molar-refractivity contribution is -0.118. The van der Waals surface area contributed by atoms with Gasteiger partial charge in [0.05, 0.1) is 4.90 Å². The number of aryl methyl sites for hydroxylation is 2. The van der Waals surface area contributed by atoms with Crippen LogP contribution in [0.25, 0.3) is 0 Å². The van der Waals surface area contributed by atoms with Gasteiger partial charge < -0.3 is 10.1 Å². The van der Waals surface area contributed by atoms with E-state index in [1.807, 2.05) is 25.1 Å². The molecule has 0 aliphatic rings. The van der Waals surface area contributed by atoms with Crippen molar-refractivity contribution in [3.63, 3.8) is 0 Å². The maximum absolute atomic E-state index is 12.3. The van der Waals surface area contributed by atoms with E-state index in [0.29, 0.717) is 11.4 Å². The number of carbonyl (C=O) groups excluding carboxylic acids is 1. The van der Waals surface area contributed by atoms with Crippen molar-refractivity contribution in [3.05, 3.63) is 53.1 Å². The molecule has 2 aromatic carbocycles. The molecular weight excluding hydrogens is 350 g/mol. The second-order valence-electron chi connectivity index (χ2n) is 6.78. The molecule has 0 radical (unpaired) electrons. The van der Waals surface area contributed by atoms with E-state index in [1.165, 1.54) is 12.1 Å². The molecule has 0 atom stereocenters. The third-order valence-corrected chi connectivity index (χ3v) is 5.17. The second-order valence-corrected chi connectivity index (χ2v) is 8.80. The van der Waals surface area contributed by atoms with E-state index in [-0.39, 0.29) is 23.3 Å². The van der Waals surface area contributed by atoms with Gasteiger partial charge >= 0.3 is 0 Å². The molecule has 0 unspecified atom stereocenters. The van der Waals surface area contributed by atoms with E-state index in [1.54, 1.807) is 13.0 Å². The largest absolute Gasteiger partial charge is 0.483 e. The Morgan fingerprint density at radius 2 is 1.81 bits per heavy atom. The number of anilines is 1. The second kappa shape index (κ2) is 7.91. The van der Waals surface area contributed by atoms with Gasteiger partial charge in [0.2, 0.25) is 0 Å². The lowest BCUT2D eigenvalue weighted by Crippen LogP contribution is -2.21. The molecule has 0 saturated heterocycles. The van der Waals surface area contributed by atoms with Crippen LogP contribution in [0.15, 0.2) is 41.3 Å². The van der Waals surface area contributed by atoms with Gasteiger partial charge in [-0.25, -0.2) is 8.42 Å². The predicted octanol–water partition coefficient (Wildman–Crippen LogP) is 3.85. The number of hydrogen-bond donors (Lipinski definition) is 1. The van der Waals surface area contributed by atoms with Crippen LogP contribution >= 0.6 is 0 Å². The number of benzene rings is 2. The molecule has 5 nitrogen and oxygen atoms in total. The summed E-state index contributed by atoms with van der Waals surface area (Å²) in [4.78, 5) is 12.4. The van der Waals surface area contributed by atoms with E-state index < -0.39 is 9.84 Å². The summed E-state index contributed by atoms with van der Waals surface area (Å²) >= 11 is 0. The van der Waals surface area contributed by atoms with Gasteiger partial charge in [-0.05, 0) is 54.7 Å². The first kappa shape index (κ1) is 20.0. The quantitative estimate of drug-likeness (QED) is 0.832. The Bertz CT molecular complexity index is 917. The zero-order valence-corrected chi connectivity index (χ0v) is 16.6. The summed E-state index contributed by atoms with van der Waals surface area (Å²) in [6.45, 7) is 7.76. The molecule has 0 saturated carbocycles. The van der Waals surface area contributed by atoms with Crippen molar-refractivity contribution in [2.45, 2.75) is 38.5 Å². The van der Waals surface area contributed by atoms with Gasteiger partial charge in [-0.3, -0.25) is 4.79 Å². The molecule has 0 spiro atoms. The SMILES string of the molecule is Cc1ccc(C(C)C)c(OCC(=O)Nc2cc(S(C)(=O)=O)ccc2C)c1. The molecule has 0 bridgehead atoms. The standard InChI is InChI=1S/C20H25NO4S/c1-13(2)17-9-6-14(3)10-19(17)25-12-20(22)21-18-11-16(26(5,23)24)8-7-15(18)4/h6-11,13H,12H2,1-5H3,(H,21,22). The number of rotatable bonds is 6. The molecule has 26 heavy (non-hydrogen) atoms. The number of amides is 1. The van der Waals surface area contributed by atoms with Gasteiger partial charge in [-0.15, -0.1) is 0 Å². The summed E-state index contributed by atoms with van der Waals surface area (Å²) in [5.41, 5.74) is 3.35. The lowest BCUT2D eigenvalue weighted by atomic mass is 10.0. The molecule has 2 rings (SSSR count). The van der Waals surface area contributed by atoms with Gasteiger partial charge in [0.15, 0.2) is 16.4 Å². The summed E-state index contributed by atoms with van der Waals surface area (Å²) in [6, 6.07) is 10.6. The van der Waals surface area contributed by atoms with E-state index >= 15 is 0 Å². The van der Waals surface area contributed by atoms with Gasteiger partial charge in [0.1, 0.15) is 5.75 Å². The van der Waals surface area contributed by atoms with Crippen LogP contribution in [0.3, 0.4) is 0 Å². The van der Waals surface area contributed by atoms with Crippen molar-refractivity contribution in [3.8, 4) is 5.75 Å². The topological polar surface area (TPSA) is 72.5 Å². The fourth-order valence-electron chi connectivity index (χ4n) is 2.54.